The lowest BCUT2D eigenvalue weighted by atomic mass is 10.0. The summed E-state index contributed by atoms with van der Waals surface area (Å²) in [6.07, 6.45) is 9.34. The molecule has 1 aliphatic carbocycles. The summed E-state index contributed by atoms with van der Waals surface area (Å²) in [6.45, 7) is 6.20. The van der Waals surface area contributed by atoms with E-state index in [-0.39, 0.29) is 5.38 Å². The van der Waals surface area contributed by atoms with Gasteiger partial charge < -0.3 is 0 Å². The maximum absolute atomic E-state index is 6.14. The fourth-order valence-electron chi connectivity index (χ4n) is 1.71. The van der Waals surface area contributed by atoms with Crippen molar-refractivity contribution in [1.82, 2.24) is 0 Å². The molecule has 0 aliphatic heterocycles. The van der Waals surface area contributed by atoms with E-state index in [1.165, 1.54) is 30.4 Å². The lowest BCUT2D eigenvalue weighted by Crippen LogP contribution is -1.92. The average molecular weight is 199 g/mol. The summed E-state index contributed by atoms with van der Waals surface area (Å²) >= 11 is 6.14. The van der Waals surface area contributed by atoms with Gasteiger partial charge in [0.15, 0.2) is 0 Å². The van der Waals surface area contributed by atoms with Crippen LogP contribution in [0.15, 0.2) is 23.8 Å². The summed E-state index contributed by atoms with van der Waals surface area (Å²) < 4.78 is 0. The highest BCUT2D eigenvalue weighted by Gasteiger charge is 2.09. The van der Waals surface area contributed by atoms with E-state index in [1.54, 1.807) is 0 Å². The largest absolute Gasteiger partial charge is 0.118 e. The van der Waals surface area contributed by atoms with Crippen LogP contribution in [0.2, 0.25) is 0 Å². The number of allylic oxidation sites excluding steroid dienone is 3. The molecule has 0 N–H and O–H groups in total. The molecule has 0 radical (unpaired) electrons. The zero-order chi connectivity index (χ0) is 9.68. The summed E-state index contributed by atoms with van der Waals surface area (Å²) in [4.78, 5) is 0. The van der Waals surface area contributed by atoms with E-state index in [1.807, 2.05) is 0 Å². The molecule has 74 valence electrons. The van der Waals surface area contributed by atoms with Gasteiger partial charge in [-0.25, -0.2) is 0 Å². The van der Waals surface area contributed by atoms with Gasteiger partial charge >= 0.3 is 0 Å². The van der Waals surface area contributed by atoms with Gasteiger partial charge in [-0.1, -0.05) is 37.1 Å². The minimum absolute atomic E-state index is 0.266. The number of halogens is 1. The van der Waals surface area contributed by atoms with Crippen molar-refractivity contribution >= 4 is 11.6 Å². The zero-order valence-corrected chi connectivity index (χ0v) is 9.24. The minimum atomic E-state index is 0.266. The number of hydrogen-bond acceptors (Lipinski definition) is 0. The third-order valence-electron chi connectivity index (χ3n) is 2.62. The van der Waals surface area contributed by atoms with Crippen molar-refractivity contribution in [1.29, 1.82) is 0 Å². The lowest BCUT2D eigenvalue weighted by molar-refractivity contribution is 0.708. The fraction of sp³-hybridized carbons (Fsp3) is 0.667. The summed E-state index contributed by atoms with van der Waals surface area (Å²) in [5.74, 6) is 0. The van der Waals surface area contributed by atoms with Crippen LogP contribution in [0.1, 0.15) is 45.4 Å². The Labute approximate surface area is 86.7 Å². The van der Waals surface area contributed by atoms with E-state index in [4.69, 9.17) is 11.6 Å². The van der Waals surface area contributed by atoms with Gasteiger partial charge in [-0.2, -0.15) is 0 Å². The molecule has 1 rings (SSSR count). The van der Waals surface area contributed by atoms with E-state index < -0.39 is 0 Å². The topological polar surface area (TPSA) is 0 Å². The van der Waals surface area contributed by atoms with Gasteiger partial charge in [-0.15, -0.1) is 11.6 Å². The van der Waals surface area contributed by atoms with Crippen molar-refractivity contribution in [3.63, 3.8) is 0 Å². The second-order valence-electron chi connectivity index (χ2n) is 3.87. The first-order valence-corrected chi connectivity index (χ1v) is 5.66. The number of hydrogen-bond donors (Lipinski definition) is 0. The smallest absolute Gasteiger partial charge is 0.0518 e. The molecule has 1 unspecified atom stereocenters. The molecule has 1 aliphatic rings. The highest BCUT2D eigenvalue weighted by Crippen LogP contribution is 2.25. The molecule has 0 fully saturated rings. The average Bonchev–Trinajstić information content (AvgIpc) is 2.30. The van der Waals surface area contributed by atoms with Crippen LogP contribution in [-0.4, -0.2) is 5.38 Å². The number of alkyl halides is 1. The van der Waals surface area contributed by atoms with E-state index in [9.17, 15) is 0 Å². The summed E-state index contributed by atoms with van der Waals surface area (Å²) in [7, 11) is 0. The van der Waals surface area contributed by atoms with Crippen LogP contribution in [0, 0.1) is 0 Å². The van der Waals surface area contributed by atoms with Crippen LogP contribution in [0.4, 0.5) is 0 Å². The SMILES string of the molecule is C=C(CC)CC1=CC(Cl)CCCC1. The zero-order valence-electron chi connectivity index (χ0n) is 8.48. The van der Waals surface area contributed by atoms with E-state index >= 15 is 0 Å². The van der Waals surface area contributed by atoms with Crippen LogP contribution in [0.3, 0.4) is 0 Å². The normalized spacial score (nSPS) is 23.5. The molecule has 0 spiro atoms. The molecular formula is C12H19Cl. The maximum Gasteiger partial charge on any atom is 0.0518 e. The Morgan fingerprint density at radius 1 is 1.62 bits per heavy atom. The Hall–Kier alpha value is -0.230. The third kappa shape index (κ3) is 3.99. The number of rotatable bonds is 3. The summed E-state index contributed by atoms with van der Waals surface area (Å²) in [5.41, 5.74) is 2.83. The van der Waals surface area contributed by atoms with Gasteiger partial charge in [0.1, 0.15) is 0 Å². The lowest BCUT2D eigenvalue weighted by Gasteiger charge is -2.06. The molecule has 0 aromatic carbocycles. The molecule has 0 bridgehead atoms. The van der Waals surface area contributed by atoms with Crippen molar-refractivity contribution in [2.75, 3.05) is 0 Å². The van der Waals surface area contributed by atoms with E-state index in [0.29, 0.717) is 0 Å². The van der Waals surface area contributed by atoms with Crippen LogP contribution in [0.25, 0.3) is 0 Å². The maximum atomic E-state index is 6.14. The van der Waals surface area contributed by atoms with Gasteiger partial charge in [-0.3, -0.25) is 0 Å². The predicted molar refractivity (Wildman–Crippen MR) is 60.2 cm³/mol. The molecule has 0 aromatic heterocycles. The van der Waals surface area contributed by atoms with Crippen molar-refractivity contribution < 1.29 is 0 Å². The van der Waals surface area contributed by atoms with Gasteiger partial charge in [0.2, 0.25) is 0 Å². The molecule has 0 amide bonds. The second kappa shape index (κ2) is 5.49. The van der Waals surface area contributed by atoms with Gasteiger partial charge in [0.25, 0.3) is 0 Å². The van der Waals surface area contributed by atoms with Crippen LogP contribution in [0.5, 0.6) is 0 Å². The molecule has 0 aromatic rings. The minimum Gasteiger partial charge on any atom is -0.118 e. The first kappa shape index (κ1) is 10.8. The van der Waals surface area contributed by atoms with Gasteiger partial charge in [-0.05, 0) is 32.1 Å². The Balaban J connectivity index is 2.50. The molecule has 0 heterocycles. The van der Waals surface area contributed by atoms with Crippen molar-refractivity contribution in [2.45, 2.75) is 50.8 Å². The van der Waals surface area contributed by atoms with Crippen LogP contribution >= 0.6 is 11.6 Å². The molecule has 0 saturated carbocycles. The molecule has 0 saturated heterocycles. The van der Waals surface area contributed by atoms with E-state index in [0.717, 1.165) is 19.3 Å². The highest BCUT2D eigenvalue weighted by molar-refractivity contribution is 6.21. The van der Waals surface area contributed by atoms with Crippen LogP contribution < -0.4 is 0 Å². The summed E-state index contributed by atoms with van der Waals surface area (Å²) in [6, 6.07) is 0. The second-order valence-corrected chi connectivity index (χ2v) is 4.43. The molecule has 13 heavy (non-hydrogen) atoms. The van der Waals surface area contributed by atoms with E-state index in [2.05, 4.69) is 19.6 Å². The molecule has 0 nitrogen and oxygen atoms in total. The Kier molecular flexibility index (Phi) is 4.58. The Morgan fingerprint density at radius 3 is 3.08 bits per heavy atom. The van der Waals surface area contributed by atoms with Gasteiger partial charge in [0.05, 0.1) is 5.38 Å². The molecular weight excluding hydrogens is 180 g/mol. The van der Waals surface area contributed by atoms with Crippen molar-refractivity contribution in [3.8, 4) is 0 Å². The Morgan fingerprint density at radius 2 is 2.38 bits per heavy atom. The third-order valence-corrected chi connectivity index (χ3v) is 2.97. The standard InChI is InChI=1S/C12H19Cl/c1-3-10(2)8-11-6-4-5-7-12(13)9-11/h9,12H,2-8H2,1H3. The Bertz CT molecular complexity index is 203. The van der Waals surface area contributed by atoms with Crippen molar-refractivity contribution in [2.24, 2.45) is 0 Å². The van der Waals surface area contributed by atoms with Crippen molar-refractivity contribution in [3.05, 3.63) is 23.8 Å². The highest BCUT2D eigenvalue weighted by atomic mass is 35.5. The fourth-order valence-corrected chi connectivity index (χ4v) is 2.04. The van der Waals surface area contributed by atoms with Crippen LogP contribution in [-0.2, 0) is 0 Å². The monoisotopic (exact) mass is 198 g/mol. The summed E-state index contributed by atoms with van der Waals surface area (Å²) in [5, 5.41) is 0.266. The first-order valence-electron chi connectivity index (χ1n) is 5.22. The van der Waals surface area contributed by atoms with Gasteiger partial charge in [0, 0.05) is 0 Å². The molecule has 1 heteroatoms. The quantitative estimate of drug-likeness (QED) is 0.464. The predicted octanol–water partition coefficient (Wildman–Crippen LogP) is 4.45. The first-order chi connectivity index (χ1) is 6.22. The molecule has 1 atom stereocenters.